The number of hydrogen-bond donors (Lipinski definition) is 1. The first-order chi connectivity index (χ1) is 10.5. The van der Waals surface area contributed by atoms with Gasteiger partial charge in [-0.1, -0.05) is 23.7 Å². The third-order valence-corrected chi connectivity index (χ3v) is 3.89. The van der Waals surface area contributed by atoms with Crippen molar-refractivity contribution in [3.63, 3.8) is 0 Å². The predicted octanol–water partition coefficient (Wildman–Crippen LogP) is 2.79. The zero-order valence-electron chi connectivity index (χ0n) is 11.4. The van der Waals surface area contributed by atoms with Crippen molar-refractivity contribution >= 4 is 28.9 Å². The van der Waals surface area contributed by atoms with Gasteiger partial charge in [-0.05, 0) is 23.8 Å². The number of nitro groups is 1. The Labute approximate surface area is 131 Å². The van der Waals surface area contributed by atoms with E-state index in [1.54, 1.807) is 18.2 Å². The van der Waals surface area contributed by atoms with Gasteiger partial charge in [0.1, 0.15) is 6.04 Å². The van der Waals surface area contributed by atoms with E-state index in [4.69, 9.17) is 17.3 Å². The number of halogens is 1. The summed E-state index contributed by atoms with van der Waals surface area (Å²) >= 11 is 5.84. The molecule has 6 nitrogen and oxygen atoms in total. The van der Waals surface area contributed by atoms with Crippen molar-refractivity contribution in [2.75, 3.05) is 4.90 Å². The van der Waals surface area contributed by atoms with Gasteiger partial charge in [0.25, 0.3) is 5.69 Å². The zero-order valence-corrected chi connectivity index (χ0v) is 12.2. The number of carbonyl (C=O) groups excluding carboxylic acids is 1. The normalized spacial score (nSPS) is 16.7. The van der Waals surface area contributed by atoms with E-state index in [-0.39, 0.29) is 11.6 Å². The van der Waals surface area contributed by atoms with Crippen molar-refractivity contribution in [2.45, 2.75) is 12.6 Å². The van der Waals surface area contributed by atoms with Gasteiger partial charge in [0.15, 0.2) is 0 Å². The Hall–Kier alpha value is -2.44. The Balaban J connectivity index is 1.96. The maximum Gasteiger partial charge on any atom is 0.269 e. The number of benzene rings is 2. The van der Waals surface area contributed by atoms with Crippen molar-refractivity contribution in [3.8, 4) is 0 Å². The summed E-state index contributed by atoms with van der Waals surface area (Å²) in [6.07, 6.45) is 0. The molecular formula is C15H12ClN3O3. The van der Waals surface area contributed by atoms with Crippen LogP contribution < -0.4 is 10.6 Å². The first-order valence-electron chi connectivity index (χ1n) is 6.57. The van der Waals surface area contributed by atoms with Gasteiger partial charge in [-0.3, -0.25) is 14.9 Å². The van der Waals surface area contributed by atoms with Crippen LogP contribution in [0.1, 0.15) is 17.2 Å². The van der Waals surface area contributed by atoms with Gasteiger partial charge >= 0.3 is 0 Å². The fraction of sp³-hybridized carbons (Fsp3) is 0.133. The SMILES string of the molecule is N[C@@H]1C(=O)N(Cc2ccc(Cl)cc2)c2ccc([N+](=O)[O-])cc21. The van der Waals surface area contributed by atoms with Crippen LogP contribution in [0.5, 0.6) is 0 Å². The average molecular weight is 318 g/mol. The lowest BCUT2D eigenvalue weighted by molar-refractivity contribution is -0.384. The van der Waals surface area contributed by atoms with Crippen LogP contribution in [-0.4, -0.2) is 10.8 Å². The molecule has 1 amide bonds. The lowest BCUT2D eigenvalue weighted by atomic mass is 10.1. The van der Waals surface area contributed by atoms with Crippen molar-refractivity contribution in [1.29, 1.82) is 0 Å². The summed E-state index contributed by atoms with van der Waals surface area (Å²) in [6.45, 7) is 0.342. The van der Waals surface area contributed by atoms with Gasteiger partial charge in [-0.25, -0.2) is 0 Å². The number of non-ortho nitro benzene ring substituents is 1. The highest BCUT2D eigenvalue weighted by Gasteiger charge is 2.35. The van der Waals surface area contributed by atoms with Gasteiger partial charge in [0.2, 0.25) is 5.91 Å². The number of amides is 1. The highest BCUT2D eigenvalue weighted by molar-refractivity contribution is 6.30. The maximum atomic E-state index is 12.3. The van der Waals surface area contributed by atoms with Gasteiger partial charge in [-0.15, -0.1) is 0 Å². The predicted molar refractivity (Wildman–Crippen MR) is 82.7 cm³/mol. The minimum absolute atomic E-state index is 0.0738. The van der Waals surface area contributed by atoms with Crippen molar-refractivity contribution in [2.24, 2.45) is 5.73 Å². The molecule has 0 bridgehead atoms. The van der Waals surface area contributed by atoms with E-state index < -0.39 is 11.0 Å². The van der Waals surface area contributed by atoms with Crippen LogP contribution in [0.25, 0.3) is 0 Å². The second-order valence-electron chi connectivity index (χ2n) is 5.03. The monoisotopic (exact) mass is 317 g/mol. The number of nitrogens with two attached hydrogens (primary N) is 1. The van der Waals surface area contributed by atoms with E-state index in [0.717, 1.165) is 5.56 Å². The van der Waals surface area contributed by atoms with Crippen LogP contribution in [0.4, 0.5) is 11.4 Å². The van der Waals surface area contributed by atoms with E-state index in [9.17, 15) is 14.9 Å². The molecule has 0 unspecified atom stereocenters. The molecule has 1 aliphatic rings. The Kier molecular flexibility index (Phi) is 3.56. The van der Waals surface area contributed by atoms with Crippen molar-refractivity contribution < 1.29 is 9.72 Å². The van der Waals surface area contributed by atoms with E-state index in [2.05, 4.69) is 0 Å². The smallest absolute Gasteiger partial charge is 0.269 e. The Morgan fingerprint density at radius 1 is 1.23 bits per heavy atom. The van der Waals surface area contributed by atoms with E-state index >= 15 is 0 Å². The number of hydrogen-bond acceptors (Lipinski definition) is 4. The zero-order chi connectivity index (χ0) is 15.9. The third kappa shape index (κ3) is 2.43. The molecule has 2 N–H and O–H groups in total. The standard InChI is InChI=1S/C15H12ClN3O3/c16-10-3-1-9(2-4-10)8-18-13-6-5-11(19(21)22)7-12(13)14(17)15(18)20/h1-7,14H,8,17H2/t14-/m0/s1. The molecule has 0 aliphatic carbocycles. The van der Waals surface area contributed by atoms with E-state index in [1.165, 1.54) is 17.0 Å². The van der Waals surface area contributed by atoms with Crippen LogP contribution in [0, 0.1) is 10.1 Å². The quantitative estimate of drug-likeness (QED) is 0.696. The van der Waals surface area contributed by atoms with Crippen LogP contribution in [0.2, 0.25) is 5.02 Å². The summed E-state index contributed by atoms with van der Waals surface area (Å²) in [7, 11) is 0. The molecule has 112 valence electrons. The lowest BCUT2D eigenvalue weighted by Gasteiger charge is -2.17. The molecule has 3 rings (SSSR count). The fourth-order valence-electron chi connectivity index (χ4n) is 2.51. The second kappa shape index (κ2) is 5.40. The molecule has 0 spiro atoms. The van der Waals surface area contributed by atoms with Crippen LogP contribution in [0.15, 0.2) is 42.5 Å². The van der Waals surface area contributed by atoms with Gasteiger partial charge in [0.05, 0.1) is 11.5 Å². The number of nitro benzene ring substituents is 1. The second-order valence-corrected chi connectivity index (χ2v) is 5.47. The summed E-state index contributed by atoms with van der Waals surface area (Å²) in [4.78, 5) is 24.2. The molecule has 1 aliphatic heterocycles. The Morgan fingerprint density at radius 2 is 1.91 bits per heavy atom. The minimum atomic E-state index is -0.873. The molecule has 0 fully saturated rings. The summed E-state index contributed by atoms with van der Waals surface area (Å²) in [5.74, 6) is -0.273. The topological polar surface area (TPSA) is 89.5 Å². The highest BCUT2D eigenvalue weighted by Crippen LogP contribution is 2.37. The highest BCUT2D eigenvalue weighted by atomic mass is 35.5. The maximum absolute atomic E-state index is 12.3. The lowest BCUT2D eigenvalue weighted by Crippen LogP contribution is -2.31. The molecule has 7 heteroatoms. The molecule has 0 aromatic heterocycles. The summed E-state index contributed by atoms with van der Waals surface area (Å²) < 4.78 is 0. The number of anilines is 1. The molecule has 1 atom stereocenters. The first kappa shape index (κ1) is 14.5. The number of rotatable bonds is 3. The van der Waals surface area contributed by atoms with Crippen molar-refractivity contribution in [3.05, 3.63) is 68.7 Å². The van der Waals surface area contributed by atoms with Gasteiger partial charge in [-0.2, -0.15) is 0 Å². The van der Waals surface area contributed by atoms with Crippen LogP contribution in [-0.2, 0) is 11.3 Å². The number of carbonyl (C=O) groups is 1. The minimum Gasteiger partial charge on any atom is -0.316 e. The summed E-state index contributed by atoms with van der Waals surface area (Å²) in [5.41, 5.74) is 7.81. The molecule has 22 heavy (non-hydrogen) atoms. The molecule has 0 saturated carbocycles. The van der Waals surface area contributed by atoms with Gasteiger partial charge < -0.3 is 10.6 Å². The molecule has 2 aromatic carbocycles. The molecule has 0 saturated heterocycles. The summed E-state index contributed by atoms with van der Waals surface area (Å²) in [6, 6.07) is 10.6. The Morgan fingerprint density at radius 3 is 2.55 bits per heavy atom. The average Bonchev–Trinajstić information content (AvgIpc) is 2.74. The molecular weight excluding hydrogens is 306 g/mol. The van der Waals surface area contributed by atoms with Crippen LogP contribution in [0.3, 0.4) is 0 Å². The van der Waals surface area contributed by atoms with Crippen molar-refractivity contribution in [1.82, 2.24) is 0 Å². The molecule has 0 radical (unpaired) electrons. The van der Waals surface area contributed by atoms with E-state index in [0.29, 0.717) is 22.8 Å². The molecule has 2 aromatic rings. The Bertz CT molecular complexity index is 761. The summed E-state index contributed by atoms with van der Waals surface area (Å²) in [5, 5.41) is 11.5. The van der Waals surface area contributed by atoms with Gasteiger partial charge in [0, 0.05) is 28.4 Å². The molecule has 1 heterocycles. The largest absolute Gasteiger partial charge is 0.316 e. The first-order valence-corrected chi connectivity index (χ1v) is 6.95. The number of fused-ring (bicyclic) bond motifs is 1. The van der Waals surface area contributed by atoms with E-state index in [1.807, 2.05) is 12.1 Å². The van der Waals surface area contributed by atoms with Crippen LogP contribution >= 0.6 is 11.6 Å². The third-order valence-electron chi connectivity index (χ3n) is 3.63. The fourth-order valence-corrected chi connectivity index (χ4v) is 2.63. The number of nitrogens with zero attached hydrogens (tertiary/aromatic N) is 2.